The number of nitrogens with one attached hydrogen (secondary N) is 1. The summed E-state index contributed by atoms with van der Waals surface area (Å²) in [4.78, 5) is 6.54. The second kappa shape index (κ2) is 7.13. The molecule has 0 saturated heterocycles. The maximum atomic E-state index is 4.19. The Morgan fingerprint density at radius 3 is 2.83 bits per heavy atom. The predicted molar refractivity (Wildman–Crippen MR) is 78.0 cm³/mol. The number of aromatic nitrogens is 1. The highest BCUT2D eigenvalue weighted by atomic mass is 32.1. The van der Waals surface area contributed by atoms with Gasteiger partial charge < -0.3 is 10.2 Å². The topological polar surface area (TPSA) is 28.2 Å². The first kappa shape index (κ1) is 13.1. The molecular formula is C14H19N3S. The van der Waals surface area contributed by atoms with Gasteiger partial charge in [0.1, 0.15) is 0 Å². The summed E-state index contributed by atoms with van der Waals surface area (Å²) in [6.45, 7) is 3.08. The van der Waals surface area contributed by atoms with Crippen molar-refractivity contribution >= 4 is 16.5 Å². The monoisotopic (exact) mass is 261 g/mol. The number of rotatable bonds is 7. The molecule has 0 atom stereocenters. The molecule has 2 rings (SSSR count). The van der Waals surface area contributed by atoms with Crippen molar-refractivity contribution in [2.75, 3.05) is 25.5 Å². The molecule has 0 unspecified atom stereocenters. The van der Waals surface area contributed by atoms with Gasteiger partial charge in [0.2, 0.25) is 0 Å². The van der Waals surface area contributed by atoms with Gasteiger partial charge in [-0.05, 0) is 25.6 Å². The van der Waals surface area contributed by atoms with E-state index in [-0.39, 0.29) is 0 Å². The van der Waals surface area contributed by atoms with E-state index >= 15 is 0 Å². The minimum absolute atomic E-state index is 0.979. The molecule has 0 amide bonds. The molecule has 0 aliphatic rings. The molecule has 4 heteroatoms. The van der Waals surface area contributed by atoms with E-state index in [9.17, 15) is 0 Å². The standard InChI is InChI=1S/C14H19N3S/c1-17(12-13-6-3-2-4-7-13)10-5-8-15-14-16-9-11-18-14/h2-4,6-7,9,11H,5,8,10,12H2,1H3,(H,15,16). The maximum Gasteiger partial charge on any atom is 0.182 e. The second-order valence-electron chi connectivity index (χ2n) is 4.34. The highest BCUT2D eigenvalue weighted by molar-refractivity contribution is 7.13. The highest BCUT2D eigenvalue weighted by Gasteiger charge is 2.00. The van der Waals surface area contributed by atoms with E-state index in [1.54, 1.807) is 11.3 Å². The molecule has 3 nitrogen and oxygen atoms in total. The maximum absolute atomic E-state index is 4.19. The number of anilines is 1. The van der Waals surface area contributed by atoms with Gasteiger partial charge in [-0.2, -0.15) is 0 Å². The summed E-state index contributed by atoms with van der Waals surface area (Å²) in [5.74, 6) is 0. The number of hydrogen-bond acceptors (Lipinski definition) is 4. The molecule has 1 N–H and O–H groups in total. The van der Waals surface area contributed by atoms with E-state index in [0.29, 0.717) is 0 Å². The summed E-state index contributed by atoms with van der Waals surface area (Å²) in [5, 5.41) is 6.33. The third-order valence-corrected chi connectivity index (χ3v) is 3.45. The van der Waals surface area contributed by atoms with E-state index < -0.39 is 0 Å². The lowest BCUT2D eigenvalue weighted by Crippen LogP contribution is -2.21. The van der Waals surface area contributed by atoms with Gasteiger partial charge in [0.05, 0.1) is 0 Å². The Balaban J connectivity index is 1.62. The van der Waals surface area contributed by atoms with Gasteiger partial charge in [0.15, 0.2) is 5.13 Å². The average molecular weight is 261 g/mol. The van der Waals surface area contributed by atoms with Crippen LogP contribution >= 0.6 is 11.3 Å². The SMILES string of the molecule is CN(CCCNc1nccs1)Cc1ccccc1. The third-order valence-electron chi connectivity index (χ3n) is 2.72. The van der Waals surface area contributed by atoms with Crippen LogP contribution in [0.25, 0.3) is 0 Å². The number of nitrogens with zero attached hydrogens (tertiary/aromatic N) is 2. The molecule has 0 radical (unpaired) electrons. The third kappa shape index (κ3) is 4.47. The van der Waals surface area contributed by atoms with Crippen molar-refractivity contribution in [3.63, 3.8) is 0 Å². The lowest BCUT2D eigenvalue weighted by molar-refractivity contribution is 0.325. The van der Waals surface area contributed by atoms with Crippen LogP contribution in [-0.4, -0.2) is 30.0 Å². The van der Waals surface area contributed by atoms with E-state index in [1.165, 1.54) is 5.56 Å². The first-order valence-electron chi connectivity index (χ1n) is 6.20. The zero-order valence-electron chi connectivity index (χ0n) is 10.7. The van der Waals surface area contributed by atoms with Crippen molar-refractivity contribution in [3.05, 3.63) is 47.5 Å². The smallest absolute Gasteiger partial charge is 0.182 e. The quantitative estimate of drug-likeness (QED) is 0.776. The second-order valence-corrected chi connectivity index (χ2v) is 5.24. The minimum Gasteiger partial charge on any atom is -0.361 e. The van der Waals surface area contributed by atoms with Crippen LogP contribution < -0.4 is 5.32 Å². The lowest BCUT2D eigenvalue weighted by atomic mass is 10.2. The van der Waals surface area contributed by atoms with Crippen molar-refractivity contribution in [1.29, 1.82) is 0 Å². The lowest BCUT2D eigenvalue weighted by Gasteiger charge is -2.16. The summed E-state index contributed by atoms with van der Waals surface area (Å²) >= 11 is 1.65. The minimum atomic E-state index is 0.979. The Labute approximate surface area is 112 Å². The molecule has 0 fully saturated rings. The normalized spacial score (nSPS) is 10.8. The molecule has 18 heavy (non-hydrogen) atoms. The number of benzene rings is 1. The summed E-state index contributed by atoms with van der Waals surface area (Å²) < 4.78 is 0. The van der Waals surface area contributed by atoms with Crippen LogP contribution in [0.4, 0.5) is 5.13 Å². The van der Waals surface area contributed by atoms with Crippen LogP contribution in [0.15, 0.2) is 41.9 Å². The zero-order valence-corrected chi connectivity index (χ0v) is 11.5. The van der Waals surface area contributed by atoms with Crippen LogP contribution in [0.3, 0.4) is 0 Å². The van der Waals surface area contributed by atoms with Gasteiger partial charge >= 0.3 is 0 Å². The average Bonchev–Trinajstić information content (AvgIpc) is 2.89. The van der Waals surface area contributed by atoms with E-state index in [1.807, 2.05) is 11.6 Å². The summed E-state index contributed by atoms with van der Waals surface area (Å²) in [6, 6.07) is 10.6. The molecule has 1 heterocycles. The van der Waals surface area contributed by atoms with E-state index in [0.717, 1.165) is 31.2 Å². The van der Waals surface area contributed by atoms with Crippen LogP contribution in [0.1, 0.15) is 12.0 Å². The molecule has 0 aliphatic heterocycles. The zero-order chi connectivity index (χ0) is 12.6. The largest absolute Gasteiger partial charge is 0.361 e. The Hall–Kier alpha value is -1.39. The molecule has 0 saturated carbocycles. The van der Waals surface area contributed by atoms with Crippen molar-refractivity contribution in [1.82, 2.24) is 9.88 Å². The highest BCUT2D eigenvalue weighted by Crippen LogP contribution is 2.10. The fraction of sp³-hybridized carbons (Fsp3) is 0.357. The predicted octanol–water partition coefficient (Wildman–Crippen LogP) is 3.08. The number of thiazole rings is 1. The molecule has 0 aliphatic carbocycles. The fourth-order valence-corrected chi connectivity index (χ4v) is 2.39. The molecule has 2 aromatic rings. The van der Waals surface area contributed by atoms with Crippen LogP contribution in [0.5, 0.6) is 0 Å². The Morgan fingerprint density at radius 1 is 1.28 bits per heavy atom. The molecule has 1 aromatic heterocycles. The van der Waals surface area contributed by atoms with Gasteiger partial charge in [-0.15, -0.1) is 11.3 Å². The van der Waals surface area contributed by atoms with Crippen molar-refractivity contribution in [3.8, 4) is 0 Å². The summed E-state index contributed by atoms with van der Waals surface area (Å²) in [5.41, 5.74) is 1.37. The Kier molecular flexibility index (Phi) is 5.17. The van der Waals surface area contributed by atoms with Crippen LogP contribution in [-0.2, 0) is 6.54 Å². The Bertz CT molecular complexity index is 428. The first-order chi connectivity index (χ1) is 8.84. The van der Waals surface area contributed by atoms with Gasteiger partial charge in [0, 0.05) is 24.7 Å². The number of hydrogen-bond donors (Lipinski definition) is 1. The van der Waals surface area contributed by atoms with Crippen molar-refractivity contribution < 1.29 is 0 Å². The van der Waals surface area contributed by atoms with Gasteiger partial charge in [-0.1, -0.05) is 30.3 Å². The summed E-state index contributed by atoms with van der Waals surface area (Å²) in [7, 11) is 2.16. The van der Waals surface area contributed by atoms with E-state index in [2.05, 4.69) is 52.6 Å². The van der Waals surface area contributed by atoms with E-state index in [4.69, 9.17) is 0 Å². The molecule has 0 spiro atoms. The first-order valence-corrected chi connectivity index (χ1v) is 7.08. The fourth-order valence-electron chi connectivity index (χ4n) is 1.83. The van der Waals surface area contributed by atoms with Gasteiger partial charge in [0.25, 0.3) is 0 Å². The molecular weight excluding hydrogens is 242 g/mol. The molecule has 96 valence electrons. The molecule has 1 aromatic carbocycles. The van der Waals surface area contributed by atoms with Crippen LogP contribution in [0, 0.1) is 0 Å². The Morgan fingerprint density at radius 2 is 2.11 bits per heavy atom. The van der Waals surface area contributed by atoms with Gasteiger partial charge in [-0.25, -0.2) is 4.98 Å². The van der Waals surface area contributed by atoms with Crippen LogP contribution in [0.2, 0.25) is 0 Å². The van der Waals surface area contributed by atoms with Crippen molar-refractivity contribution in [2.45, 2.75) is 13.0 Å². The summed E-state index contributed by atoms with van der Waals surface area (Å²) in [6.07, 6.45) is 2.96. The van der Waals surface area contributed by atoms with Crippen molar-refractivity contribution in [2.24, 2.45) is 0 Å². The molecule has 0 bridgehead atoms. The van der Waals surface area contributed by atoms with Gasteiger partial charge in [-0.3, -0.25) is 0 Å².